The maximum atomic E-state index is 13.5. The van der Waals surface area contributed by atoms with Crippen LogP contribution >= 0.6 is 0 Å². The normalized spacial score (nSPS) is 12.4. The number of hydrogen-bond donors (Lipinski definition) is 2. The van der Waals surface area contributed by atoms with E-state index in [2.05, 4.69) is 5.32 Å². The van der Waals surface area contributed by atoms with Crippen molar-refractivity contribution in [2.24, 2.45) is 0 Å². The zero-order valence-corrected chi connectivity index (χ0v) is 11.2. The van der Waals surface area contributed by atoms with Gasteiger partial charge in [0, 0.05) is 18.7 Å². The van der Waals surface area contributed by atoms with Gasteiger partial charge in [-0.25, -0.2) is 8.78 Å². The Balaban J connectivity index is 1.94. The summed E-state index contributed by atoms with van der Waals surface area (Å²) in [4.78, 5) is 0. The van der Waals surface area contributed by atoms with Crippen molar-refractivity contribution in [2.45, 2.75) is 19.6 Å². The lowest BCUT2D eigenvalue weighted by atomic mass is 10.1. The number of aliphatic hydroxyl groups excluding tert-OH is 1. The second kappa shape index (κ2) is 6.59. The average Bonchev–Trinajstić information content (AvgIpc) is 2.43. The van der Waals surface area contributed by atoms with Gasteiger partial charge in [0.15, 0.2) is 0 Å². The molecule has 0 amide bonds. The third kappa shape index (κ3) is 3.62. The summed E-state index contributed by atoms with van der Waals surface area (Å²) in [5.74, 6) is -1.16. The van der Waals surface area contributed by atoms with Gasteiger partial charge in [-0.2, -0.15) is 0 Å². The summed E-state index contributed by atoms with van der Waals surface area (Å²) in [7, 11) is 0. The molecule has 0 aliphatic rings. The molecule has 0 aliphatic heterocycles. The largest absolute Gasteiger partial charge is 0.387 e. The summed E-state index contributed by atoms with van der Waals surface area (Å²) in [6.07, 6.45) is -1.07. The smallest absolute Gasteiger partial charge is 0.129 e. The van der Waals surface area contributed by atoms with E-state index in [-0.39, 0.29) is 12.1 Å². The fourth-order valence-corrected chi connectivity index (χ4v) is 2.03. The van der Waals surface area contributed by atoms with Crippen LogP contribution in [0.2, 0.25) is 0 Å². The number of hydrogen-bond acceptors (Lipinski definition) is 2. The van der Waals surface area contributed by atoms with Crippen LogP contribution in [-0.2, 0) is 6.54 Å². The maximum Gasteiger partial charge on any atom is 0.129 e. The number of benzene rings is 2. The van der Waals surface area contributed by atoms with Crippen LogP contribution in [0.25, 0.3) is 0 Å². The molecule has 0 heterocycles. The first-order chi connectivity index (χ1) is 9.58. The van der Waals surface area contributed by atoms with Crippen LogP contribution < -0.4 is 5.32 Å². The summed E-state index contributed by atoms with van der Waals surface area (Å²) in [5.41, 5.74) is 2.23. The number of halogens is 2. The molecule has 0 saturated carbocycles. The van der Waals surface area contributed by atoms with Gasteiger partial charge in [0.1, 0.15) is 11.6 Å². The minimum atomic E-state index is -1.07. The molecular weight excluding hydrogens is 260 g/mol. The van der Waals surface area contributed by atoms with E-state index in [1.54, 1.807) is 0 Å². The highest BCUT2D eigenvalue weighted by molar-refractivity contribution is 5.25. The molecule has 2 aromatic carbocycles. The lowest BCUT2D eigenvalue weighted by Crippen LogP contribution is -2.22. The fourth-order valence-electron chi connectivity index (χ4n) is 2.03. The maximum absolute atomic E-state index is 13.5. The van der Waals surface area contributed by atoms with Crippen LogP contribution in [0.3, 0.4) is 0 Å². The van der Waals surface area contributed by atoms with Gasteiger partial charge in [-0.1, -0.05) is 24.3 Å². The molecule has 0 radical (unpaired) electrons. The summed E-state index contributed by atoms with van der Waals surface area (Å²) < 4.78 is 26.5. The van der Waals surface area contributed by atoms with Crippen LogP contribution in [0.1, 0.15) is 22.8 Å². The van der Waals surface area contributed by atoms with Crippen molar-refractivity contribution in [2.75, 3.05) is 6.54 Å². The predicted octanol–water partition coefficient (Wildman–Crippen LogP) is 3.10. The van der Waals surface area contributed by atoms with E-state index in [1.807, 2.05) is 31.2 Å². The van der Waals surface area contributed by atoms with E-state index >= 15 is 0 Å². The molecule has 1 atom stereocenters. The molecule has 106 valence electrons. The molecule has 4 heteroatoms. The van der Waals surface area contributed by atoms with Gasteiger partial charge in [-0.05, 0) is 36.2 Å². The molecule has 20 heavy (non-hydrogen) atoms. The monoisotopic (exact) mass is 277 g/mol. The zero-order chi connectivity index (χ0) is 14.5. The average molecular weight is 277 g/mol. The minimum Gasteiger partial charge on any atom is -0.387 e. The van der Waals surface area contributed by atoms with Gasteiger partial charge in [-0.15, -0.1) is 0 Å². The van der Waals surface area contributed by atoms with Crippen molar-refractivity contribution in [3.8, 4) is 0 Å². The third-order valence-corrected chi connectivity index (χ3v) is 3.23. The van der Waals surface area contributed by atoms with E-state index in [4.69, 9.17) is 0 Å². The van der Waals surface area contributed by atoms with Gasteiger partial charge in [0.05, 0.1) is 6.10 Å². The molecule has 0 spiro atoms. The van der Waals surface area contributed by atoms with Crippen LogP contribution in [0.15, 0.2) is 42.5 Å². The Bertz CT molecular complexity index is 586. The molecule has 2 aromatic rings. The van der Waals surface area contributed by atoms with Crippen molar-refractivity contribution >= 4 is 0 Å². The molecule has 0 aromatic heterocycles. The highest BCUT2D eigenvalue weighted by Gasteiger charge is 2.13. The molecule has 1 unspecified atom stereocenters. The van der Waals surface area contributed by atoms with Gasteiger partial charge in [-0.3, -0.25) is 0 Å². The predicted molar refractivity (Wildman–Crippen MR) is 74.2 cm³/mol. The lowest BCUT2D eigenvalue weighted by molar-refractivity contribution is 0.169. The highest BCUT2D eigenvalue weighted by atomic mass is 19.1. The standard InChI is InChI=1S/C16H17F2NO/c1-11-4-2-3-5-12(11)9-19-10-16(20)14-8-13(17)6-7-15(14)18/h2-8,16,19-20H,9-10H2,1H3. The molecule has 0 saturated heterocycles. The summed E-state index contributed by atoms with van der Waals surface area (Å²) in [6, 6.07) is 11.0. The van der Waals surface area contributed by atoms with Crippen LogP contribution in [-0.4, -0.2) is 11.7 Å². The van der Waals surface area contributed by atoms with Gasteiger partial charge >= 0.3 is 0 Å². The van der Waals surface area contributed by atoms with Crippen LogP contribution in [0, 0.1) is 18.6 Å². The fraction of sp³-hybridized carbons (Fsp3) is 0.250. The first-order valence-electron chi connectivity index (χ1n) is 6.46. The molecular formula is C16H17F2NO. The van der Waals surface area contributed by atoms with Crippen molar-refractivity contribution in [1.29, 1.82) is 0 Å². The Morgan fingerprint density at radius 3 is 2.65 bits per heavy atom. The van der Waals surface area contributed by atoms with E-state index in [0.29, 0.717) is 6.54 Å². The second-order valence-electron chi connectivity index (χ2n) is 4.74. The number of nitrogens with one attached hydrogen (secondary N) is 1. The molecule has 0 fully saturated rings. The van der Waals surface area contributed by atoms with E-state index in [9.17, 15) is 13.9 Å². The van der Waals surface area contributed by atoms with Crippen molar-refractivity contribution in [1.82, 2.24) is 5.32 Å². The van der Waals surface area contributed by atoms with E-state index in [0.717, 1.165) is 29.3 Å². The molecule has 2 N–H and O–H groups in total. The van der Waals surface area contributed by atoms with E-state index in [1.165, 1.54) is 0 Å². The Labute approximate surface area is 117 Å². The third-order valence-electron chi connectivity index (χ3n) is 3.23. The quantitative estimate of drug-likeness (QED) is 0.880. The first kappa shape index (κ1) is 14.6. The number of aliphatic hydroxyl groups is 1. The summed E-state index contributed by atoms with van der Waals surface area (Å²) >= 11 is 0. The van der Waals surface area contributed by atoms with Crippen LogP contribution in [0.5, 0.6) is 0 Å². The van der Waals surface area contributed by atoms with Gasteiger partial charge < -0.3 is 10.4 Å². The van der Waals surface area contributed by atoms with Crippen molar-refractivity contribution < 1.29 is 13.9 Å². The first-order valence-corrected chi connectivity index (χ1v) is 6.46. The van der Waals surface area contributed by atoms with E-state index < -0.39 is 17.7 Å². The number of aryl methyl sites for hydroxylation is 1. The van der Waals surface area contributed by atoms with Gasteiger partial charge in [0.2, 0.25) is 0 Å². The Kier molecular flexibility index (Phi) is 4.82. The Hall–Kier alpha value is -1.78. The molecule has 2 nitrogen and oxygen atoms in total. The molecule has 2 rings (SSSR count). The second-order valence-corrected chi connectivity index (χ2v) is 4.74. The summed E-state index contributed by atoms with van der Waals surface area (Å²) in [5, 5.41) is 13.0. The molecule has 0 aliphatic carbocycles. The number of rotatable bonds is 5. The topological polar surface area (TPSA) is 32.3 Å². The lowest BCUT2D eigenvalue weighted by Gasteiger charge is -2.14. The summed E-state index contributed by atoms with van der Waals surface area (Å²) in [6.45, 7) is 2.73. The SMILES string of the molecule is Cc1ccccc1CNCC(O)c1cc(F)ccc1F. The molecule has 0 bridgehead atoms. The van der Waals surface area contributed by atoms with Crippen molar-refractivity contribution in [3.63, 3.8) is 0 Å². The zero-order valence-electron chi connectivity index (χ0n) is 11.2. The Morgan fingerprint density at radius 2 is 1.90 bits per heavy atom. The Morgan fingerprint density at radius 1 is 1.15 bits per heavy atom. The van der Waals surface area contributed by atoms with Crippen molar-refractivity contribution in [3.05, 3.63) is 70.8 Å². The minimum absolute atomic E-state index is 0.0257. The highest BCUT2D eigenvalue weighted by Crippen LogP contribution is 2.18. The van der Waals surface area contributed by atoms with Crippen LogP contribution in [0.4, 0.5) is 8.78 Å². The van der Waals surface area contributed by atoms with Gasteiger partial charge in [0.25, 0.3) is 0 Å².